The zero-order valence-electron chi connectivity index (χ0n) is 16.4. The van der Waals surface area contributed by atoms with Crippen LogP contribution in [0.2, 0.25) is 0 Å². The number of urea groups is 1. The van der Waals surface area contributed by atoms with Gasteiger partial charge in [-0.2, -0.15) is 0 Å². The second kappa shape index (κ2) is 7.66. The van der Waals surface area contributed by atoms with Gasteiger partial charge >= 0.3 is 6.03 Å². The number of amides is 4. The van der Waals surface area contributed by atoms with Crippen LogP contribution in [0.5, 0.6) is 0 Å². The van der Waals surface area contributed by atoms with Gasteiger partial charge in [-0.1, -0.05) is 19.9 Å². The van der Waals surface area contributed by atoms with Crippen LogP contribution in [0.1, 0.15) is 38.8 Å². The van der Waals surface area contributed by atoms with E-state index in [0.717, 1.165) is 5.69 Å². The Labute approximate surface area is 160 Å². The number of pyridine rings is 1. The average molecular weight is 372 g/mol. The third-order valence-electron chi connectivity index (χ3n) is 5.55. The monoisotopic (exact) mass is 372 g/mol. The first-order valence-electron chi connectivity index (χ1n) is 9.62. The molecule has 2 aliphatic rings. The summed E-state index contributed by atoms with van der Waals surface area (Å²) >= 11 is 0. The van der Waals surface area contributed by atoms with Crippen molar-refractivity contribution < 1.29 is 14.4 Å². The molecule has 3 heterocycles. The maximum atomic E-state index is 12.8. The molecule has 0 aliphatic carbocycles. The van der Waals surface area contributed by atoms with Crippen LogP contribution < -0.4 is 0 Å². The fourth-order valence-corrected chi connectivity index (χ4v) is 4.05. The van der Waals surface area contributed by atoms with Gasteiger partial charge < -0.3 is 9.80 Å². The molecule has 0 radical (unpaired) electrons. The van der Waals surface area contributed by atoms with Crippen LogP contribution in [0.4, 0.5) is 4.79 Å². The van der Waals surface area contributed by atoms with Gasteiger partial charge in [0.15, 0.2) is 0 Å². The van der Waals surface area contributed by atoms with Gasteiger partial charge in [-0.05, 0) is 37.3 Å². The number of nitrogens with zero attached hydrogens (tertiary/aromatic N) is 4. The van der Waals surface area contributed by atoms with Crippen LogP contribution >= 0.6 is 0 Å². The highest BCUT2D eigenvalue weighted by Crippen LogP contribution is 2.37. The summed E-state index contributed by atoms with van der Waals surface area (Å²) in [4.78, 5) is 47.0. The van der Waals surface area contributed by atoms with Crippen molar-refractivity contribution in [3.63, 3.8) is 0 Å². The third kappa shape index (κ3) is 3.68. The van der Waals surface area contributed by atoms with Crippen LogP contribution in [0.3, 0.4) is 0 Å². The average Bonchev–Trinajstić information content (AvgIpc) is 2.83. The van der Waals surface area contributed by atoms with E-state index < -0.39 is 5.54 Å². The maximum absolute atomic E-state index is 12.8. The minimum Gasteiger partial charge on any atom is -0.342 e. The Morgan fingerprint density at radius 2 is 1.93 bits per heavy atom. The maximum Gasteiger partial charge on any atom is 0.327 e. The molecule has 7 nitrogen and oxygen atoms in total. The first-order valence-corrected chi connectivity index (χ1v) is 9.62. The van der Waals surface area contributed by atoms with Crippen molar-refractivity contribution in [2.24, 2.45) is 5.92 Å². The first kappa shape index (κ1) is 19.3. The summed E-state index contributed by atoms with van der Waals surface area (Å²) in [6, 6.07) is 5.47. The molecule has 1 aromatic heterocycles. The van der Waals surface area contributed by atoms with Gasteiger partial charge in [0.1, 0.15) is 5.54 Å². The van der Waals surface area contributed by atoms with Gasteiger partial charge in [-0.3, -0.25) is 19.5 Å². The largest absolute Gasteiger partial charge is 0.342 e. The molecule has 7 heteroatoms. The van der Waals surface area contributed by atoms with Crippen LogP contribution in [0.25, 0.3) is 0 Å². The second-order valence-corrected chi connectivity index (χ2v) is 7.88. The van der Waals surface area contributed by atoms with Crippen LogP contribution in [-0.4, -0.2) is 69.8 Å². The lowest BCUT2D eigenvalue weighted by atomic mass is 9.85. The van der Waals surface area contributed by atoms with Crippen LogP contribution in [-0.2, 0) is 16.0 Å². The third-order valence-corrected chi connectivity index (χ3v) is 5.55. The predicted molar refractivity (Wildman–Crippen MR) is 101 cm³/mol. The molecule has 0 bridgehead atoms. The highest BCUT2D eigenvalue weighted by atomic mass is 16.2. The number of carbonyl (C=O) groups excluding carboxylic acids is 3. The van der Waals surface area contributed by atoms with E-state index in [1.54, 1.807) is 18.1 Å². The molecule has 4 amide bonds. The molecule has 3 rings (SSSR count). The van der Waals surface area contributed by atoms with Crippen LogP contribution in [0.15, 0.2) is 24.4 Å². The fourth-order valence-electron chi connectivity index (χ4n) is 4.05. The Morgan fingerprint density at radius 3 is 2.52 bits per heavy atom. The van der Waals surface area contributed by atoms with Crippen molar-refractivity contribution in [1.29, 1.82) is 0 Å². The Balaban J connectivity index is 1.63. The molecule has 27 heavy (non-hydrogen) atoms. The molecule has 0 saturated carbocycles. The number of aromatic nitrogens is 1. The fraction of sp³-hybridized carbons (Fsp3) is 0.600. The van der Waals surface area contributed by atoms with Gasteiger partial charge in [-0.15, -0.1) is 0 Å². The summed E-state index contributed by atoms with van der Waals surface area (Å²) in [5, 5.41) is 0. The second-order valence-electron chi connectivity index (χ2n) is 7.88. The van der Waals surface area contributed by atoms with E-state index in [4.69, 9.17) is 0 Å². The summed E-state index contributed by atoms with van der Waals surface area (Å²) in [5.74, 6) is 0.230. The number of likely N-dealkylation sites (N-methyl/N-ethyl adjacent to an activating group) is 1. The van der Waals surface area contributed by atoms with Crippen molar-refractivity contribution in [2.75, 3.05) is 26.7 Å². The lowest BCUT2D eigenvalue weighted by Crippen LogP contribution is -2.58. The number of imide groups is 1. The van der Waals surface area contributed by atoms with Crippen molar-refractivity contribution in [2.45, 2.75) is 45.1 Å². The van der Waals surface area contributed by atoms with E-state index in [2.05, 4.69) is 4.98 Å². The summed E-state index contributed by atoms with van der Waals surface area (Å²) in [6.07, 6.45) is 3.76. The molecule has 0 unspecified atom stereocenters. The number of likely N-dealkylation sites (tertiary alicyclic amines) is 1. The predicted octanol–water partition coefficient (Wildman–Crippen LogP) is 1.93. The molecule has 0 aromatic carbocycles. The normalized spacial score (nSPS) is 19.5. The zero-order chi connectivity index (χ0) is 19.6. The summed E-state index contributed by atoms with van der Waals surface area (Å²) < 4.78 is 0. The highest BCUT2D eigenvalue weighted by molar-refractivity contribution is 6.07. The number of piperidine rings is 1. The molecule has 2 fully saturated rings. The smallest absolute Gasteiger partial charge is 0.327 e. The van der Waals surface area contributed by atoms with Crippen LogP contribution in [0, 0.1) is 5.92 Å². The molecule has 1 spiro atoms. The van der Waals surface area contributed by atoms with E-state index in [0.29, 0.717) is 45.3 Å². The lowest BCUT2D eigenvalue weighted by Gasteiger charge is -2.42. The van der Waals surface area contributed by atoms with Gasteiger partial charge in [-0.25, -0.2) is 4.79 Å². The van der Waals surface area contributed by atoms with E-state index in [9.17, 15) is 14.4 Å². The van der Waals surface area contributed by atoms with Gasteiger partial charge in [0.2, 0.25) is 5.91 Å². The number of carbonyl (C=O) groups is 3. The number of hydrogen-bond acceptors (Lipinski definition) is 4. The highest BCUT2D eigenvalue weighted by Gasteiger charge is 2.57. The number of aryl methyl sites for hydroxylation is 1. The topological polar surface area (TPSA) is 73.8 Å². The van der Waals surface area contributed by atoms with Gasteiger partial charge in [0.25, 0.3) is 5.91 Å². The zero-order valence-corrected chi connectivity index (χ0v) is 16.4. The van der Waals surface area contributed by atoms with Crippen molar-refractivity contribution in [3.8, 4) is 0 Å². The molecule has 146 valence electrons. The molecule has 1 aromatic rings. The first-order chi connectivity index (χ1) is 12.8. The Bertz CT molecular complexity index is 711. The van der Waals surface area contributed by atoms with E-state index in [-0.39, 0.29) is 23.8 Å². The SMILES string of the molecule is CC(C)CN1C(=O)N(C)C(=O)C12CCN(C(=O)CCc1ccccn1)CC2. The van der Waals surface area contributed by atoms with Crippen molar-refractivity contribution in [1.82, 2.24) is 19.7 Å². The van der Waals surface area contributed by atoms with E-state index in [1.165, 1.54) is 4.90 Å². The minimum absolute atomic E-state index is 0.0797. The molecule has 2 aliphatic heterocycles. The quantitative estimate of drug-likeness (QED) is 0.740. The molecule has 0 N–H and O–H groups in total. The molecule has 0 atom stereocenters. The number of hydrogen-bond donors (Lipinski definition) is 0. The van der Waals surface area contributed by atoms with Crippen molar-refractivity contribution in [3.05, 3.63) is 30.1 Å². The number of rotatable bonds is 5. The summed E-state index contributed by atoms with van der Waals surface area (Å²) in [6.45, 7) is 5.65. The van der Waals surface area contributed by atoms with Gasteiger partial charge in [0.05, 0.1) is 0 Å². The Hall–Kier alpha value is -2.44. The minimum atomic E-state index is -0.784. The Kier molecular flexibility index (Phi) is 5.48. The van der Waals surface area contributed by atoms with E-state index in [1.807, 2.05) is 36.9 Å². The molecular weight excluding hydrogens is 344 g/mol. The molecular formula is C20H28N4O3. The Morgan fingerprint density at radius 1 is 1.22 bits per heavy atom. The van der Waals surface area contributed by atoms with Crippen molar-refractivity contribution >= 4 is 17.8 Å². The van der Waals surface area contributed by atoms with E-state index >= 15 is 0 Å². The molecule has 2 saturated heterocycles. The van der Waals surface area contributed by atoms with Gasteiger partial charge in [0, 0.05) is 45.0 Å². The standard InChI is InChI=1S/C20H28N4O3/c1-15(2)14-24-19(27)22(3)18(26)20(24)9-12-23(13-10-20)17(25)8-7-16-6-4-5-11-21-16/h4-6,11,15H,7-10,12-14H2,1-3H3. The lowest BCUT2D eigenvalue weighted by molar-refractivity contribution is -0.140. The summed E-state index contributed by atoms with van der Waals surface area (Å²) in [5.41, 5.74) is 0.120. The summed E-state index contributed by atoms with van der Waals surface area (Å²) in [7, 11) is 1.55.